The van der Waals surface area contributed by atoms with E-state index in [-0.39, 0.29) is 24.4 Å². The van der Waals surface area contributed by atoms with Crippen LogP contribution in [0.25, 0.3) is 0 Å². The number of rotatable bonds is 3. The van der Waals surface area contributed by atoms with Crippen molar-refractivity contribution in [3.63, 3.8) is 0 Å². The first-order chi connectivity index (χ1) is 9.15. The van der Waals surface area contributed by atoms with Crippen LogP contribution in [0.2, 0.25) is 0 Å². The van der Waals surface area contributed by atoms with Gasteiger partial charge in [0.15, 0.2) is 0 Å². The van der Waals surface area contributed by atoms with Crippen molar-refractivity contribution < 1.29 is 9.59 Å². The van der Waals surface area contributed by atoms with E-state index in [4.69, 9.17) is 5.73 Å². The average Bonchev–Trinajstić information content (AvgIpc) is 3.21. The molecule has 2 aliphatic rings. The third-order valence-electron chi connectivity index (χ3n) is 3.71. The zero-order chi connectivity index (χ0) is 13.4. The van der Waals surface area contributed by atoms with E-state index in [0.717, 1.165) is 18.5 Å². The zero-order valence-electron chi connectivity index (χ0n) is 10.6. The van der Waals surface area contributed by atoms with Crippen LogP contribution in [-0.4, -0.2) is 24.4 Å². The molecule has 1 heterocycles. The Morgan fingerprint density at radius 2 is 2.16 bits per heavy atom. The number of carbonyl (C=O) groups excluding carboxylic acids is 2. The van der Waals surface area contributed by atoms with Crippen molar-refractivity contribution in [2.24, 2.45) is 11.7 Å². The van der Waals surface area contributed by atoms with E-state index < -0.39 is 0 Å². The Kier molecular flexibility index (Phi) is 2.98. The van der Waals surface area contributed by atoms with Gasteiger partial charge in [0, 0.05) is 12.5 Å². The Hall–Kier alpha value is -1.88. The van der Waals surface area contributed by atoms with Crippen LogP contribution in [0.5, 0.6) is 0 Å². The minimum atomic E-state index is -0.160. The Balaban J connectivity index is 1.79. The zero-order valence-corrected chi connectivity index (χ0v) is 10.6. The van der Waals surface area contributed by atoms with Crippen LogP contribution >= 0.6 is 0 Å². The van der Waals surface area contributed by atoms with Crippen LogP contribution in [0, 0.1) is 5.92 Å². The van der Waals surface area contributed by atoms with E-state index in [2.05, 4.69) is 5.32 Å². The van der Waals surface area contributed by atoms with E-state index in [1.165, 1.54) is 4.90 Å². The fourth-order valence-electron chi connectivity index (χ4n) is 2.46. The maximum atomic E-state index is 12.3. The first-order valence-electron chi connectivity index (χ1n) is 6.60. The smallest absolute Gasteiger partial charge is 0.244 e. The Morgan fingerprint density at radius 1 is 1.42 bits per heavy atom. The van der Waals surface area contributed by atoms with E-state index in [9.17, 15) is 9.59 Å². The van der Waals surface area contributed by atoms with Crippen molar-refractivity contribution in [1.82, 2.24) is 0 Å². The first-order valence-corrected chi connectivity index (χ1v) is 6.60. The maximum Gasteiger partial charge on any atom is 0.244 e. The van der Waals surface area contributed by atoms with E-state index in [0.29, 0.717) is 18.0 Å². The average molecular weight is 259 g/mol. The number of para-hydroxylation sites is 2. The molecule has 0 radical (unpaired) electrons. The highest BCUT2D eigenvalue weighted by atomic mass is 16.2. The molecule has 0 saturated heterocycles. The van der Waals surface area contributed by atoms with Crippen LogP contribution in [0.4, 0.5) is 11.4 Å². The highest BCUT2D eigenvalue weighted by Gasteiger charge is 2.33. The summed E-state index contributed by atoms with van der Waals surface area (Å²) in [6, 6.07) is 7.26. The number of fused-ring (bicyclic) bond motifs is 1. The highest BCUT2D eigenvalue weighted by molar-refractivity contribution is 6.09. The molecule has 2 amide bonds. The third-order valence-corrected chi connectivity index (χ3v) is 3.71. The number of benzene rings is 1. The SMILES string of the molecule is NC(CC(=O)N1CC(=O)Nc2ccccc21)C1CC1. The maximum absolute atomic E-state index is 12.3. The summed E-state index contributed by atoms with van der Waals surface area (Å²) in [7, 11) is 0. The lowest BCUT2D eigenvalue weighted by Crippen LogP contribution is -2.44. The monoisotopic (exact) mass is 259 g/mol. The summed E-state index contributed by atoms with van der Waals surface area (Å²) in [4.78, 5) is 25.5. The molecule has 3 N–H and O–H groups in total. The molecule has 1 unspecified atom stereocenters. The number of hydrogen-bond acceptors (Lipinski definition) is 3. The second-order valence-electron chi connectivity index (χ2n) is 5.25. The normalized spacial score (nSPS) is 19.6. The third kappa shape index (κ3) is 2.46. The quantitative estimate of drug-likeness (QED) is 0.853. The van der Waals surface area contributed by atoms with Crippen LogP contribution in [-0.2, 0) is 9.59 Å². The van der Waals surface area contributed by atoms with Crippen molar-refractivity contribution in [2.45, 2.75) is 25.3 Å². The summed E-state index contributed by atoms with van der Waals surface area (Å²) in [5.41, 5.74) is 7.44. The number of nitrogens with zero attached hydrogens (tertiary/aromatic N) is 1. The fraction of sp³-hybridized carbons (Fsp3) is 0.429. The predicted molar refractivity (Wildman–Crippen MR) is 72.7 cm³/mol. The van der Waals surface area contributed by atoms with Crippen molar-refractivity contribution in [1.29, 1.82) is 0 Å². The summed E-state index contributed by atoms with van der Waals surface area (Å²) < 4.78 is 0. The number of anilines is 2. The molecule has 1 aromatic rings. The van der Waals surface area contributed by atoms with Gasteiger partial charge in [-0.05, 0) is 30.9 Å². The number of hydrogen-bond donors (Lipinski definition) is 2. The minimum absolute atomic E-state index is 0.0679. The van der Waals surface area contributed by atoms with Crippen LogP contribution in [0.15, 0.2) is 24.3 Å². The number of amides is 2. The van der Waals surface area contributed by atoms with Gasteiger partial charge >= 0.3 is 0 Å². The molecule has 1 aliphatic carbocycles. The Bertz CT molecular complexity index is 525. The van der Waals surface area contributed by atoms with Crippen LogP contribution in [0.1, 0.15) is 19.3 Å². The molecule has 5 nitrogen and oxygen atoms in total. The molecule has 1 aliphatic heterocycles. The molecule has 0 bridgehead atoms. The van der Waals surface area contributed by atoms with Crippen molar-refractivity contribution >= 4 is 23.2 Å². The largest absolute Gasteiger partial charge is 0.327 e. The first kappa shape index (κ1) is 12.2. The Morgan fingerprint density at radius 3 is 2.89 bits per heavy atom. The van der Waals surface area contributed by atoms with Gasteiger partial charge in [-0.2, -0.15) is 0 Å². The highest BCUT2D eigenvalue weighted by Crippen LogP contribution is 2.34. The van der Waals surface area contributed by atoms with Gasteiger partial charge in [-0.15, -0.1) is 0 Å². The molecular weight excluding hydrogens is 242 g/mol. The van der Waals surface area contributed by atoms with Crippen LogP contribution < -0.4 is 16.0 Å². The lowest BCUT2D eigenvalue weighted by Gasteiger charge is -2.29. The van der Waals surface area contributed by atoms with Gasteiger partial charge < -0.3 is 16.0 Å². The van der Waals surface area contributed by atoms with Gasteiger partial charge in [-0.25, -0.2) is 0 Å². The number of carbonyl (C=O) groups is 2. The van der Waals surface area contributed by atoms with Crippen molar-refractivity contribution in [2.75, 3.05) is 16.8 Å². The molecule has 3 rings (SSSR count). The molecule has 1 fully saturated rings. The molecular formula is C14H17N3O2. The summed E-state index contributed by atoms with van der Waals surface area (Å²) in [6.07, 6.45) is 2.54. The molecule has 1 aromatic carbocycles. The minimum Gasteiger partial charge on any atom is -0.327 e. The molecule has 0 spiro atoms. The number of nitrogens with two attached hydrogens (primary N) is 1. The molecule has 100 valence electrons. The lowest BCUT2D eigenvalue weighted by molar-refractivity contribution is -0.122. The van der Waals surface area contributed by atoms with Crippen molar-refractivity contribution in [3.8, 4) is 0 Å². The topological polar surface area (TPSA) is 75.4 Å². The lowest BCUT2D eigenvalue weighted by atomic mass is 10.1. The fourth-order valence-corrected chi connectivity index (χ4v) is 2.46. The van der Waals surface area contributed by atoms with E-state index in [1.807, 2.05) is 18.2 Å². The summed E-state index contributed by atoms with van der Waals surface area (Å²) in [5, 5.41) is 2.77. The van der Waals surface area contributed by atoms with Gasteiger partial charge in [0.05, 0.1) is 11.4 Å². The van der Waals surface area contributed by atoms with E-state index in [1.54, 1.807) is 6.07 Å². The second kappa shape index (κ2) is 4.66. The predicted octanol–water partition coefficient (Wildman–Crippen LogP) is 1.10. The van der Waals surface area contributed by atoms with Gasteiger partial charge in [-0.3, -0.25) is 9.59 Å². The molecule has 5 heteroatoms. The van der Waals surface area contributed by atoms with Gasteiger partial charge in [-0.1, -0.05) is 12.1 Å². The molecule has 0 aromatic heterocycles. The number of nitrogens with one attached hydrogen (secondary N) is 1. The second-order valence-corrected chi connectivity index (χ2v) is 5.25. The molecule has 1 atom stereocenters. The van der Waals surface area contributed by atoms with E-state index >= 15 is 0 Å². The summed E-state index contributed by atoms with van der Waals surface area (Å²) >= 11 is 0. The molecule has 1 saturated carbocycles. The summed E-state index contributed by atoms with van der Waals surface area (Å²) in [5.74, 6) is 0.256. The Labute approximate surface area is 111 Å². The van der Waals surface area contributed by atoms with Gasteiger partial charge in [0.1, 0.15) is 6.54 Å². The molecule has 19 heavy (non-hydrogen) atoms. The summed E-state index contributed by atoms with van der Waals surface area (Å²) in [6.45, 7) is 0.0766. The van der Waals surface area contributed by atoms with Crippen molar-refractivity contribution in [3.05, 3.63) is 24.3 Å². The standard InChI is InChI=1S/C14H17N3O2/c15-10(9-5-6-9)7-14(19)17-8-13(18)16-11-3-1-2-4-12(11)17/h1-4,9-10H,5-8,15H2,(H,16,18). The van der Waals surface area contributed by atoms with Crippen LogP contribution in [0.3, 0.4) is 0 Å². The van der Waals surface area contributed by atoms with Gasteiger partial charge in [0.25, 0.3) is 0 Å². The van der Waals surface area contributed by atoms with Gasteiger partial charge in [0.2, 0.25) is 11.8 Å².